The van der Waals surface area contributed by atoms with Gasteiger partial charge in [-0.15, -0.1) is 0 Å². The number of aromatic hydroxyl groups is 1. The third-order valence-electron chi connectivity index (χ3n) is 3.98. The molecular weight excluding hydrogens is 256 g/mol. The average Bonchev–Trinajstić information content (AvgIpc) is 2.90. The average molecular weight is 278 g/mol. The molecule has 1 amide bonds. The molecular formula is C15H22N2O3. The fourth-order valence-electron chi connectivity index (χ4n) is 2.71. The largest absolute Gasteiger partial charge is 0.508 e. The first-order chi connectivity index (χ1) is 9.54. The van der Waals surface area contributed by atoms with Gasteiger partial charge in [0.15, 0.2) is 0 Å². The molecule has 0 spiro atoms. The van der Waals surface area contributed by atoms with E-state index in [0.717, 1.165) is 31.2 Å². The molecule has 1 aromatic rings. The van der Waals surface area contributed by atoms with Crippen LogP contribution in [-0.4, -0.2) is 34.3 Å². The SMILES string of the molecule is N[C@H](Cc1ccc(O)cc1)C(=O)NC1(CO)CCCC1. The van der Waals surface area contributed by atoms with Gasteiger partial charge >= 0.3 is 0 Å². The molecule has 1 aliphatic rings. The lowest BCUT2D eigenvalue weighted by molar-refractivity contribution is -0.124. The Balaban J connectivity index is 1.93. The second-order valence-corrected chi connectivity index (χ2v) is 5.61. The van der Waals surface area contributed by atoms with E-state index in [1.54, 1.807) is 24.3 Å². The predicted molar refractivity (Wildman–Crippen MR) is 76.2 cm³/mol. The van der Waals surface area contributed by atoms with Crippen molar-refractivity contribution >= 4 is 5.91 Å². The van der Waals surface area contributed by atoms with Crippen LogP contribution in [0.3, 0.4) is 0 Å². The van der Waals surface area contributed by atoms with Crippen LogP contribution >= 0.6 is 0 Å². The molecule has 5 nitrogen and oxygen atoms in total. The highest BCUT2D eigenvalue weighted by Crippen LogP contribution is 2.29. The van der Waals surface area contributed by atoms with E-state index in [4.69, 9.17) is 5.73 Å². The summed E-state index contributed by atoms with van der Waals surface area (Å²) in [5.74, 6) is -0.0361. The topological polar surface area (TPSA) is 95.6 Å². The minimum Gasteiger partial charge on any atom is -0.508 e. The first-order valence-electron chi connectivity index (χ1n) is 7.01. The quantitative estimate of drug-likeness (QED) is 0.637. The Hall–Kier alpha value is -1.59. The predicted octanol–water partition coefficient (Wildman–Crippen LogP) is 0.683. The van der Waals surface area contributed by atoms with E-state index < -0.39 is 11.6 Å². The fraction of sp³-hybridized carbons (Fsp3) is 0.533. The molecule has 0 aliphatic heterocycles. The summed E-state index contributed by atoms with van der Waals surface area (Å²) < 4.78 is 0. The summed E-state index contributed by atoms with van der Waals surface area (Å²) in [7, 11) is 0. The number of hydrogen-bond acceptors (Lipinski definition) is 4. The second kappa shape index (κ2) is 6.24. The van der Waals surface area contributed by atoms with E-state index in [1.807, 2.05) is 0 Å². The Labute approximate surface area is 118 Å². The Kier molecular flexibility index (Phi) is 4.62. The molecule has 1 atom stereocenters. The van der Waals surface area contributed by atoms with Crippen LogP contribution in [0.1, 0.15) is 31.2 Å². The molecule has 0 saturated heterocycles. The molecule has 1 aromatic carbocycles. The second-order valence-electron chi connectivity index (χ2n) is 5.61. The van der Waals surface area contributed by atoms with E-state index in [0.29, 0.717) is 6.42 Å². The number of nitrogens with two attached hydrogens (primary N) is 1. The van der Waals surface area contributed by atoms with Crippen molar-refractivity contribution in [1.29, 1.82) is 0 Å². The highest BCUT2D eigenvalue weighted by molar-refractivity contribution is 5.82. The van der Waals surface area contributed by atoms with Gasteiger partial charge in [0.2, 0.25) is 5.91 Å². The van der Waals surface area contributed by atoms with Gasteiger partial charge in [0.05, 0.1) is 18.2 Å². The van der Waals surface area contributed by atoms with Crippen molar-refractivity contribution in [2.24, 2.45) is 5.73 Å². The molecule has 20 heavy (non-hydrogen) atoms. The number of nitrogens with one attached hydrogen (secondary N) is 1. The molecule has 0 unspecified atom stereocenters. The zero-order valence-electron chi connectivity index (χ0n) is 11.5. The number of hydrogen-bond donors (Lipinski definition) is 4. The van der Waals surface area contributed by atoms with E-state index in [-0.39, 0.29) is 18.3 Å². The van der Waals surface area contributed by atoms with Crippen molar-refractivity contribution in [1.82, 2.24) is 5.32 Å². The summed E-state index contributed by atoms with van der Waals surface area (Å²) in [5, 5.41) is 21.6. The van der Waals surface area contributed by atoms with Crippen molar-refractivity contribution in [2.75, 3.05) is 6.61 Å². The summed E-state index contributed by atoms with van der Waals surface area (Å²) >= 11 is 0. The van der Waals surface area contributed by atoms with Gasteiger partial charge < -0.3 is 21.3 Å². The zero-order chi connectivity index (χ0) is 14.6. The smallest absolute Gasteiger partial charge is 0.237 e. The van der Waals surface area contributed by atoms with E-state index >= 15 is 0 Å². The standard InChI is InChI=1S/C15H22N2O3/c16-13(9-11-3-5-12(19)6-4-11)14(20)17-15(10-18)7-1-2-8-15/h3-6,13,18-19H,1-2,7-10,16H2,(H,17,20)/t13-/m1/s1. The molecule has 0 heterocycles. The molecule has 5 heteroatoms. The van der Waals surface area contributed by atoms with Crippen LogP contribution in [0.5, 0.6) is 5.75 Å². The van der Waals surface area contributed by atoms with Crippen LogP contribution in [0.15, 0.2) is 24.3 Å². The van der Waals surface area contributed by atoms with Gasteiger partial charge in [0, 0.05) is 0 Å². The van der Waals surface area contributed by atoms with Crippen molar-refractivity contribution in [3.05, 3.63) is 29.8 Å². The first kappa shape index (κ1) is 14.8. The number of aliphatic hydroxyl groups is 1. The molecule has 110 valence electrons. The molecule has 1 aliphatic carbocycles. The Bertz CT molecular complexity index is 453. The Morgan fingerprint density at radius 3 is 2.45 bits per heavy atom. The van der Waals surface area contributed by atoms with Crippen molar-refractivity contribution in [3.63, 3.8) is 0 Å². The number of carbonyl (C=O) groups is 1. The first-order valence-corrected chi connectivity index (χ1v) is 7.01. The lowest BCUT2D eigenvalue weighted by atomic mass is 9.97. The summed E-state index contributed by atoms with van der Waals surface area (Å²) in [4.78, 5) is 12.1. The van der Waals surface area contributed by atoms with E-state index in [1.165, 1.54) is 0 Å². The lowest BCUT2D eigenvalue weighted by Crippen LogP contribution is -2.54. The number of aliphatic hydroxyl groups excluding tert-OH is 1. The number of rotatable bonds is 5. The van der Waals surface area contributed by atoms with Gasteiger partial charge in [-0.3, -0.25) is 4.79 Å². The van der Waals surface area contributed by atoms with Gasteiger partial charge in [0.1, 0.15) is 5.75 Å². The van der Waals surface area contributed by atoms with Gasteiger partial charge in [-0.1, -0.05) is 25.0 Å². The van der Waals surface area contributed by atoms with Gasteiger partial charge in [-0.2, -0.15) is 0 Å². The maximum atomic E-state index is 12.1. The van der Waals surface area contributed by atoms with Crippen LogP contribution in [0.4, 0.5) is 0 Å². The molecule has 0 radical (unpaired) electrons. The number of phenolic OH excluding ortho intramolecular Hbond substituents is 1. The van der Waals surface area contributed by atoms with Crippen LogP contribution in [0.25, 0.3) is 0 Å². The Morgan fingerprint density at radius 1 is 1.30 bits per heavy atom. The number of benzene rings is 1. The van der Waals surface area contributed by atoms with Crippen LogP contribution in [0.2, 0.25) is 0 Å². The third kappa shape index (κ3) is 3.49. The summed E-state index contributed by atoms with van der Waals surface area (Å²) in [6.07, 6.45) is 4.07. The highest BCUT2D eigenvalue weighted by atomic mass is 16.3. The molecule has 1 fully saturated rings. The summed E-state index contributed by atoms with van der Waals surface area (Å²) in [6.45, 7) is -0.0370. The number of phenols is 1. The minimum atomic E-state index is -0.649. The summed E-state index contributed by atoms with van der Waals surface area (Å²) in [5.41, 5.74) is 6.34. The van der Waals surface area contributed by atoms with Crippen molar-refractivity contribution in [2.45, 2.75) is 43.7 Å². The van der Waals surface area contributed by atoms with Crippen LogP contribution in [-0.2, 0) is 11.2 Å². The highest BCUT2D eigenvalue weighted by Gasteiger charge is 2.35. The number of carbonyl (C=O) groups excluding carboxylic acids is 1. The third-order valence-corrected chi connectivity index (χ3v) is 3.98. The number of amides is 1. The van der Waals surface area contributed by atoms with Crippen molar-refractivity contribution in [3.8, 4) is 5.75 Å². The van der Waals surface area contributed by atoms with Crippen molar-refractivity contribution < 1.29 is 15.0 Å². The van der Waals surface area contributed by atoms with Gasteiger partial charge in [-0.05, 0) is 37.0 Å². The molecule has 0 bridgehead atoms. The minimum absolute atomic E-state index is 0.0370. The van der Waals surface area contributed by atoms with Crippen LogP contribution < -0.4 is 11.1 Å². The monoisotopic (exact) mass is 278 g/mol. The maximum Gasteiger partial charge on any atom is 0.237 e. The van der Waals surface area contributed by atoms with E-state index in [9.17, 15) is 15.0 Å². The van der Waals surface area contributed by atoms with Gasteiger partial charge in [-0.25, -0.2) is 0 Å². The normalized spacial score (nSPS) is 18.7. The molecule has 2 rings (SSSR count). The lowest BCUT2D eigenvalue weighted by Gasteiger charge is -2.29. The zero-order valence-corrected chi connectivity index (χ0v) is 11.5. The maximum absolute atomic E-state index is 12.1. The molecule has 1 saturated carbocycles. The Morgan fingerprint density at radius 2 is 1.90 bits per heavy atom. The van der Waals surface area contributed by atoms with E-state index in [2.05, 4.69) is 5.32 Å². The van der Waals surface area contributed by atoms with Crippen LogP contribution in [0, 0.1) is 0 Å². The molecule has 0 aromatic heterocycles. The van der Waals surface area contributed by atoms with Gasteiger partial charge in [0.25, 0.3) is 0 Å². The fourth-order valence-corrected chi connectivity index (χ4v) is 2.71. The molecule has 5 N–H and O–H groups in total. The summed E-state index contributed by atoms with van der Waals surface area (Å²) in [6, 6.07) is 6.00.